The first kappa shape index (κ1) is 14.9. The zero-order valence-electron chi connectivity index (χ0n) is 11.4. The molecule has 0 atom stereocenters. The molecule has 8 heteroatoms. The molecule has 2 rings (SSSR count). The molecule has 0 aromatic carbocycles. The maximum absolute atomic E-state index is 11.6. The Morgan fingerprint density at radius 2 is 2.05 bits per heavy atom. The first-order valence-corrected chi connectivity index (χ1v) is 8.41. The minimum Gasteiger partial charge on any atom is -0.297 e. The second-order valence-electron chi connectivity index (χ2n) is 4.93. The van der Waals surface area contributed by atoms with E-state index in [0.717, 1.165) is 11.3 Å². The van der Waals surface area contributed by atoms with Gasteiger partial charge in [-0.1, -0.05) is 13.8 Å². The van der Waals surface area contributed by atoms with E-state index in [4.69, 9.17) is 10.7 Å². The fraction of sp³-hybridized carbons (Fsp3) is 0.417. The molecular formula is C12H15ClN4O2S. The van der Waals surface area contributed by atoms with Crippen LogP contribution in [-0.4, -0.2) is 28.2 Å². The molecule has 20 heavy (non-hydrogen) atoms. The van der Waals surface area contributed by atoms with Crippen molar-refractivity contribution in [1.29, 1.82) is 0 Å². The van der Waals surface area contributed by atoms with Crippen LogP contribution in [0.3, 0.4) is 0 Å². The van der Waals surface area contributed by atoms with Crippen molar-refractivity contribution < 1.29 is 8.42 Å². The molecule has 0 fully saturated rings. The van der Waals surface area contributed by atoms with Crippen molar-refractivity contribution in [3.8, 4) is 11.4 Å². The van der Waals surface area contributed by atoms with Crippen LogP contribution in [-0.2, 0) is 15.6 Å². The van der Waals surface area contributed by atoms with Gasteiger partial charge < -0.3 is 0 Å². The van der Waals surface area contributed by atoms with Crippen LogP contribution in [0.15, 0.2) is 23.5 Å². The number of hydrogen-bond donors (Lipinski definition) is 0. The second-order valence-corrected chi connectivity index (χ2v) is 7.39. The third-order valence-corrected chi connectivity index (χ3v) is 3.79. The molecule has 0 radical (unpaired) electrons. The zero-order chi connectivity index (χ0) is 14.9. The van der Waals surface area contributed by atoms with E-state index < -0.39 is 9.05 Å². The molecule has 2 heterocycles. The summed E-state index contributed by atoms with van der Waals surface area (Å²) in [5, 5.41) is 7.46. The minimum atomic E-state index is -3.93. The van der Waals surface area contributed by atoms with E-state index in [1.165, 1.54) is 4.57 Å². The highest BCUT2D eigenvalue weighted by atomic mass is 35.7. The van der Waals surface area contributed by atoms with Crippen LogP contribution in [0.5, 0.6) is 0 Å². The smallest absolute Gasteiger partial charge is 0.296 e. The van der Waals surface area contributed by atoms with Gasteiger partial charge in [-0.05, 0) is 25.0 Å². The van der Waals surface area contributed by atoms with E-state index in [0.29, 0.717) is 12.4 Å². The van der Waals surface area contributed by atoms with E-state index >= 15 is 0 Å². The summed E-state index contributed by atoms with van der Waals surface area (Å²) in [5.74, 6) is 0.702. The maximum Gasteiger partial charge on any atom is 0.296 e. The van der Waals surface area contributed by atoms with Crippen molar-refractivity contribution in [2.45, 2.75) is 32.5 Å². The van der Waals surface area contributed by atoms with Crippen molar-refractivity contribution in [2.24, 2.45) is 5.92 Å². The number of rotatable bonds is 4. The summed E-state index contributed by atoms with van der Waals surface area (Å²) in [4.78, 5) is 4.11. The summed E-state index contributed by atoms with van der Waals surface area (Å²) in [6.45, 7) is 6.27. The Balaban J connectivity index is 2.62. The molecule has 108 valence electrons. The van der Waals surface area contributed by atoms with Gasteiger partial charge >= 0.3 is 0 Å². The van der Waals surface area contributed by atoms with Gasteiger partial charge in [-0.3, -0.25) is 9.55 Å². The van der Waals surface area contributed by atoms with Gasteiger partial charge in [0, 0.05) is 34.7 Å². The van der Waals surface area contributed by atoms with Gasteiger partial charge in [-0.25, -0.2) is 8.42 Å². The monoisotopic (exact) mass is 314 g/mol. The summed E-state index contributed by atoms with van der Waals surface area (Å²) in [7, 11) is 1.49. The first-order chi connectivity index (χ1) is 9.29. The van der Waals surface area contributed by atoms with Gasteiger partial charge in [0.2, 0.25) is 0 Å². The largest absolute Gasteiger partial charge is 0.297 e. The van der Waals surface area contributed by atoms with Gasteiger partial charge in [0.05, 0.1) is 0 Å². The molecular weight excluding hydrogens is 300 g/mol. The molecule has 0 bridgehead atoms. The lowest BCUT2D eigenvalue weighted by Crippen LogP contribution is -2.12. The highest BCUT2D eigenvalue weighted by molar-refractivity contribution is 8.13. The molecule has 2 aromatic rings. The SMILES string of the molecule is Cc1cc(-c2nnc(S(=O)(=O)Cl)n2CC(C)C)ccn1. The highest BCUT2D eigenvalue weighted by Crippen LogP contribution is 2.23. The normalized spacial score (nSPS) is 12.1. The van der Waals surface area contributed by atoms with E-state index in [2.05, 4.69) is 15.2 Å². The standard InChI is InChI=1S/C12H15ClN4O2S/c1-8(2)7-17-11(10-4-5-14-9(3)6-10)15-16-12(17)20(13,18)19/h4-6,8H,7H2,1-3H3. The number of hydrogen-bond acceptors (Lipinski definition) is 5. The van der Waals surface area contributed by atoms with E-state index in [-0.39, 0.29) is 11.1 Å². The molecule has 0 unspecified atom stereocenters. The van der Waals surface area contributed by atoms with Gasteiger partial charge in [0.1, 0.15) is 0 Å². The fourth-order valence-corrected chi connectivity index (χ4v) is 2.80. The lowest BCUT2D eigenvalue weighted by molar-refractivity contribution is 0.488. The number of nitrogens with zero attached hydrogens (tertiary/aromatic N) is 4. The van der Waals surface area contributed by atoms with Crippen LogP contribution in [0.25, 0.3) is 11.4 Å². The molecule has 0 N–H and O–H groups in total. The van der Waals surface area contributed by atoms with Crippen LogP contribution >= 0.6 is 10.7 Å². The highest BCUT2D eigenvalue weighted by Gasteiger charge is 2.23. The Morgan fingerprint density at radius 1 is 1.35 bits per heavy atom. The number of halogens is 1. The molecule has 6 nitrogen and oxygen atoms in total. The van der Waals surface area contributed by atoms with Crippen LogP contribution in [0.1, 0.15) is 19.5 Å². The average Bonchev–Trinajstić information content (AvgIpc) is 2.71. The number of aromatic nitrogens is 4. The average molecular weight is 315 g/mol. The summed E-state index contributed by atoms with van der Waals surface area (Å²) < 4.78 is 24.7. The molecule has 0 saturated carbocycles. The summed E-state index contributed by atoms with van der Waals surface area (Å²) >= 11 is 0. The predicted octanol–water partition coefficient (Wildman–Crippen LogP) is 2.23. The lowest BCUT2D eigenvalue weighted by Gasteiger charge is -2.11. The summed E-state index contributed by atoms with van der Waals surface area (Å²) in [5.41, 5.74) is 1.58. The number of aryl methyl sites for hydroxylation is 1. The minimum absolute atomic E-state index is 0.225. The Bertz CT molecular complexity index is 725. The van der Waals surface area contributed by atoms with Gasteiger partial charge in [0.25, 0.3) is 14.2 Å². The molecule has 0 spiro atoms. The van der Waals surface area contributed by atoms with Crippen molar-refractivity contribution in [1.82, 2.24) is 19.7 Å². The van der Waals surface area contributed by atoms with Crippen molar-refractivity contribution in [3.05, 3.63) is 24.0 Å². The maximum atomic E-state index is 11.6. The van der Waals surface area contributed by atoms with E-state index in [9.17, 15) is 8.42 Å². The predicted molar refractivity (Wildman–Crippen MR) is 75.9 cm³/mol. The van der Waals surface area contributed by atoms with Gasteiger partial charge in [0.15, 0.2) is 5.82 Å². The van der Waals surface area contributed by atoms with Crippen molar-refractivity contribution in [2.75, 3.05) is 0 Å². The molecule has 0 amide bonds. The molecule has 0 aliphatic rings. The Hall–Kier alpha value is -1.47. The topological polar surface area (TPSA) is 77.7 Å². The molecule has 2 aromatic heterocycles. The summed E-state index contributed by atoms with van der Waals surface area (Å²) in [6, 6.07) is 3.59. The zero-order valence-corrected chi connectivity index (χ0v) is 13.0. The molecule has 0 aliphatic carbocycles. The van der Waals surface area contributed by atoms with Crippen LogP contribution < -0.4 is 0 Å². The lowest BCUT2D eigenvalue weighted by atomic mass is 10.2. The molecule has 0 saturated heterocycles. The van der Waals surface area contributed by atoms with Crippen LogP contribution in [0.4, 0.5) is 0 Å². The Morgan fingerprint density at radius 3 is 2.60 bits per heavy atom. The number of pyridine rings is 1. The Labute approximate surface area is 122 Å². The van der Waals surface area contributed by atoms with Gasteiger partial charge in [-0.2, -0.15) is 0 Å². The van der Waals surface area contributed by atoms with Crippen LogP contribution in [0.2, 0.25) is 0 Å². The first-order valence-electron chi connectivity index (χ1n) is 6.10. The second kappa shape index (κ2) is 5.49. The fourth-order valence-electron chi connectivity index (χ4n) is 1.90. The van der Waals surface area contributed by atoms with E-state index in [1.807, 2.05) is 26.8 Å². The van der Waals surface area contributed by atoms with E-state index in [1.54, 1.807) is 12.3 Å². The molecule has 0 aliphatic heterocycles. The van der Waals surface area contributed by atoms with Crippen LogP contribution in [0, 0.1) is 12.8 Å². The van der Waals surface area contributed by atoms with Crippen molar-refractivity contribution in [3.63, 3.8) is 0 Å². The summed E-state index contributed by atoms with van der Waals surface area (Å²) in [6.07, 6.45) is 1.65. The quantitative estimate of drug-likeness (QED) is 0.809. The third kappa shape index (κ3) is 3.16. The third-order valence-electron chi connectivity index (χ3n) is 2.64. The van der Waals surface area contributed by atoms with Gasteiger partial charge in [-0.15, -0.1) is 10.2 Å². The Kier molecular flexibility index (Phi) is 4.10. The van der Waals surface area contributed by atoms with Crippen molar-refractivity contribution >= 4 is 19.7 Å².